The highest BCUT2D eigenvalue weighted by atomic mass is 16.2. The minimum atomic E-state index is -0.106. The summed E-state index contributed by atoms with van der Waals surface area (Å²) in [6, 6.07) is 0.168. The third-order valence-electron chi connectivity index (χ3n) is 5.49. The van der Waals surface area contributed by atoms with Crippen LogP contribution in [0.4, 0.5) is 0 Å². The molecule has 1 aliphatic rings. The first kappa shape index (κ1) is 26.3. The summed E-state index contributed by atoms with van der Waals surface area (Å²) in [7, 11) is 0. The molecule has 1 atom stereocenters. The van der Waals surface area contributed by atoms with E-state index in [2.05, 4.69) is 29.4 Å². The van der Waals surface area contributed by atoms with Crippen LogP contribution in [0.25, 0.3) is 0 Å². The van der Waals surface area contributed by atoms with E-state index in [0.29, 0.717) is 26.2 Å². The Kier molecular flexibility index (Phi) is 11.9. The SMILES string of the molecule is C/C=C(/C)C(=O)N1CCN(CC(=O)NCCCC[C@H](NC(C)C)C(=O)C(C)C)CC1. The minimum absolute atomic E-state index is 0.0227. The summed E-state index contributed by atoms with van der Waals surface area (Å²) in [5.74, 6) is 0.394. The van der Waals surface area contributed by atoms with Gasteiger partial charge in [-0.1, -0.05) is 33.8 Å². The molecular formula is C23H42N4O3. The average molecular weight is 423 g/mol. The molecule has 2 amide bonds. The molecule has 1 heterocycles. The van der Waals surface area contributed by atoms with Crippen molar-refractivity contribution in [3.05, 3.63) is 11.6 Å². The van der Waals surface area contributed by atoms with Crippen LogP contribution in [0.5, 0.6) is 0 Å². The van der Waals surface area contributed by atoms with E-state index in [-0.39, 0.29) is 35.6 Å². The van der Waals surface area contributed by atoms with Crippen molar-refractivity contribution in [2.75, 3.05) is 39.3 Å². The molecular weight excluding hydrogens is 380 g/mol. The molecule has 0 aliphatic carbocycles. The van der Waals surface area contributed by atoms with Gasteiger partial charge in [0.15, 0.2) is 5.78 Å². The number of rotatable bonds is 12. The predicted octanol–water partition coefficient (Wildman–Crippen LogP) is 1.98. The Morgan fingerprint density at radius 3 is 2.17 bits per heavy atom. The van der Waals surface area contributed by atoms with Gasteiger partial charge >= 0.3 is 0 Å². The number of unbranched alkanes of at least 4 members (excludes halogenated alkanes) is 1. The molecule has 1 fully saturated rings. The molecule has 0 unspecified atom stereocenters. The molecule has 30 heavy (non-hydrogen) atoms. The van der Waals surface area contributed by atoms with Gasteiger partial charge < -0.3 is 15.5 Å². The molecule has 7 heteroatoms. The lowest BCUT2D eigenvalue weighted by atomic mass is 9.96. The second kappa shape index (κ2) is 13.5. The highest BCUT2D eigenvalue weighted by molar-refractivity contribution is 5.92. The van der Waals surface area contributed by atoms with Gasteiger partial charge in [0, 0.05) is 50.3 Å². The van der Waals surface area contributed by atoms with Gasteiger partial charge in [0.05, 0.1) is 12.6 Å². The lowest BCUT2D eigenvalue weighted by Gasteiger charge is -2.34. The van der Waals surface area contributed by atoms with Gasteiger partial charge in [0.2, 0.25) is 11.8 Å². The number of hydrogen-bond donors (Lipinski definition) is 2. The topological polar surface area (TPSA) is 81.8 Å². The molecule has 172 valence electrons. The molecule has 1 rings (SSSR count). The van der Waals surface area contributed by atoms with Crippen LogP contribution in [0.3, 0.4) is 0 Å². The Bertz CT molecular complexity index is 593. The van der Waals surface area contributed by atoms with Crippen LogP contribution in [0, 0.1) is 5.92 Å². The van der Waals surface area contributed by atoms with E-state index in [9.17, 15) is 14.4 Å². The fourth-order valence-corrected chi connectivity index (χ4v) is 3.55. The monoisotopic (exact) mass is 422 g/mol. The van der Waals surface area contributed by atoms with Crippen LogP contribution in [0.1, 0.15) is 60.8 Å². The Hall–Kier alpha value is -1.73. The van der Waals surface area contributed by atoms with Crippen molar-refractivity contribution in [1.29, 1.82) is 0 Å². The first-order valence-corrected chi connectivity index (χ1v) is 11.4. The van der Waals surface area contributed by atoms with Crippen LogP contribution in [0.15, 0.2) is 11.6 Å². The van der Waals surface area contributed by atoms with Crippen molar-refractivity contribution < 1.29 is 14.4 Å². The molecule has 0 aromatic heterocycles. The molecule has 2 N–H and O–H groups in total. The largest absolute Gasteiger partial charge is 0.355 e. The number of allylic oxidation sites excluding steroid dienone is 1. The van der Waals surface area contributed by atoms with Gasteiger partial charge in [-0.05, 0) is 33.1 Å². The molecule has 1 saturated heterocycles. The van der Waals surface area contributed by atoms with E-state index >= 15 is 0 Å². The van der Waals surface area contributed by atoms with Crippen LogP contribution < -0.4 is 10.6 Å². The predicted molar refractivity (Wildman–Crippen MR) is 121 cm³/mol. The van der Waals surface area contributed by atoms with E-state index in [1.54, 1.807) is 0 Å². The van der Waals surface area contributed by atoms with Crippen molar-refractivity contribution in [3.8, 4) is 0 Å². The van der Waals surface area contributed by atoms with E-state index in [0.717, 1.165) is 37.9 Å². The molecule has 0 spiro atoms. The van der Waals surface area contributed by atoms with Gasteiger partial charge in [-0.3, -0.25) is 19.3 Å². The Morgan fingerprint density at radius 1 is 1.00 bits per heavy atom. The van der Waals surface area contributed by atoms with Crippen molar-refractivity contribution in [1.82, 2.24) is 20.4 Å². The summed E-state index contributed by atoms with van der Waals surface area (Å²) in [4.78, 5) is 40.7. The summed E-state index contributed by atoms with van der Waals surface area (Å²) in [6.07, 6.45) is 4.39. The number of ketones is 1. The second-order valence-electron chi connectivity index (χ2n) is 8.82. The van der Waals surface area contributed by atoms with E-state index in [4.69, 9.17) is 0 Å². The number of nitrogens with zero attached hydrogens (tertiary/aromatic N) is 2. The van der Waals surface area contributed by atoms with E-state index < -0.39 is 0 Å². The van der Waals surface area contributed by atoms with Crippen LogP contribution >= 0.6 is 0 Å². The van der Waals surface area contributed by atoms with Crippen LogP contribution in [0.2, 0.25) is 0 Å². The summed E-state index contributed by atoms with van der Waals surface area (Å²) in [5, 5.41) is 6.34. The standard InChI is InChI=1S/C23H42N4O3/c1-7-19(6)23(30)27-14-12-26(13-15-27)16-21(28)24-11-9-8-10-20(25-18(4)5)22(29)17(2)3/h7,17-18,20,25H,8-16H2,1-6H3,(H,24,28)/b19-7-/t20-/m0/s1. The molecule has 7 nitrogen and oxygen atoms in total. The molecule has 0 saturated carbocycles. The summed E-state index contributed by atoms with van der Waals surface area (Å²) >= 11 is 0. The van der Waals surface area contributed by atoms with Gasteiger partial charge in [0.25, 0.3) is 0 Å². The normalized spacial score (nSPS) is 16.8. The fraction of sp³-hybridized carbons (Fsp3) is 0.783. The highest BCUT2D eigenvalue weighted by Crippen LogP contribution is 2.09. The number of nitrogens with one attached hydrogen (secondary N) is 2. The summed E-state index contributed by atoms with van der Waals surface area (Å²) in [5.41, 5.74) is 0.766. The number of hydrogen-bond acceptors (Lipinski definition) is 5. The van der Waals surface area contributed by atoms with Crippen molar-refractivity contribution in [3.63, 3.8) is 0 Å². The Labute approximate surface area is 182 Å². The second-order valence-corrected chi connectivity index (χ2v) is 8.82. The molecule has 0 aromatic rings. The zero-order chi connectivity index (χ0) is 22.7. The molecule has 0 radical (unpaired) electrons. The maximum Gasteiger partial charge on any atom is 0.249 e. The summed E-state index contributed by atoms with van der Waals surface area (Å²) < 4.78 is 0. The zero-order valence-electron chi connectivity index (χ0n) is 19.8. The first-order chi connectivity index (χ1) is 14.1. The van der Waals surface area contributed by atoms with Gasteiger partial charge in [-0.25, -0.2) is 0 Å². The number of Topliss-reactive ketones (excluding diaryl/α,β-unsaturated/α-hetero) is 1. The van der Waals surface area contributed by atoms with Crippen LogP contribution in [-0.4, -0.2) is 78.7 Å². The van der Waals surface area contributed by atoms with Gasteiger partial charge in [0.1, 0.15) is 0 Å². The van der Waals surface area contributed by atoms with E-state index in [1.165, 1.54) is 0 Å². The van der Waals surface area contributed by atoms with Gasteiger partial charge in [-0.15, -0.1) is 0 Å². The van der Waals surface area contributed by atoms with Crippen molar-refractivity contribution >= 4 is 17.6 Å². The lowest BCUT2D eigenvalue weighted by Crippen LogP contribution is -2.51. The third kappa shape index (κ3) is 9.39. The number of piperazine rings is 1. The molecule has 1 aliphatic heterocycles. The maximum absolute atomic E-state index is 12.3. The van der Waals surface area contributed by atoms with Crippen molar-refractivity contribution in [2.24, 2.45) is 5.92 Å². The molecule has 0 aromatic carbocycles. The minimum Gasteiger partial charge on any atom is -0.355 e. The van der Waals surface area contributed by atoms with Crippen molar-refractivity contribution in [2.45, 2.75) is 72.9 Å². The average Bonchev–Trinajstić information content (AvgIpc) is 2.71. The smallest absolute Gasteiger partial charge is 0.249 e. The molecule has 0 bridgehead atoms. The first-order valence-electron chi connectivity index (χ1n) is 11.4. The highest BCUT2D eigenvalue weighted by Gasteiger charge is 2.23. The lowest BCUT2D eigenvalue weighted by molar-refractivity contribution is -0.129. The maximum atomic E-state index is 12.3. The quantitative estimate of drug-likeness (QED) is 0.371. The summed E-state index contributed by atoms with van der Waals surface area (Å²) in [6.45, 7) is 15.4. The third-order valence-corrected chi connectivity index (χ3v) is 5.49. The number of amides is 2. The zero-order valence-corrected chi connectivity index (χ0v) is 19.8. The Balaban J connectivity index is 2.25. The van der Waals surface area contributed by atoms with Crippen LogP contribution in [-0.2, 0) is 14.4 Å². The van der Waals surface area contributed by atoms with E-state index in [1.807, 2.05) is 38.7 Å². The number of carbonyl (C=O) groups excluding carboxylic acids is 3. The Morgan fingerprint density at radius 2 is 1.63 bits per heavy atom. The van der Waals surface area contributed by atoms with Gasteiger partial charge in [-0.2, -0.15) is 0 Å². The number of carbonyl (C=O) groups is 3. The fourth-order valence-electron chi connectivity index (χ4n) is 3.55.